The number of aromatic nitrogens is 3. The van der Waals surface area contributed by atoms with E-state index in [4.69, 9.17) is 14.9 Å². The Morgan fingerprint density at radius 2 is 1.82 bits per heavy atom. The summed E-state index contributed by atoms with van der Waals surface area (Å²) in [6, 6.07) is 8.07. The molecule has 1 heterocycles. The van der Waals surface area contributed by atoms with Crippen LogP contribution < -0.4 is 15.2 Å². The fourth-order valence-electron chi connectivity index (χ4n) is 2.61. The van der Waals surface area contributed by atoms with Gasteiger partial charge in [0.05, 0.1) is 25.5 Å². The summed E-state index contributed by atoms with van der Waals surface area (Å²) < 4.78 is 25.3. The summed E-state index contributed by atoms with van der Waals surface area (Å²) in [5.41, 5.74) is -1.49. The fraction of sp³-hybridized carbons (Fsp3) is 0.111. The molecule has 0 aliphatic carbocycles. The zero-order chi connectivity index (χ0) is 20.4. The first-order valence-electron chi connectivity index (χ1n) is 7.90. The van der Waals surface area contributed by atoms with E-state index in [0.29, 0.717) is 0 Å². The second-order valence-corrected chi connectivity index (χ2v) is 5.57. The Morgan fingerprint density at radius 3 is 2.46 bits per heavy atom. The molecule has 3 rings (SSSR count). The van der Waals surface area contributed by atoms with Crippen LogP contribution in [0.25, 0.3) is 5.69 Å². The van der Waals surface area contributed by atoms with Crippen LogP contribution in [0.15, 0.2) is 41.2 Å². The van der Waals surface area contributed by atoms with E-state index in [-0.39, 0.29) is 34.1 Å². The van der Waals surface area contributed by atoms with Crippen molar-refractivity contribution in [3.05, 3.63) is 69.7 Å². The number of para-hydroxylation sites is 1. The van der Waals surface area contributed by atoms with Gasteiger partial charge in [-0.2, -0.15) is 4.68 Å². The highest BCUT2D eigenvalue weighted by Crippen LogP contribution is 2.30. The number of aromatic carboxylic acids is 1. The minimum Gasteiger partial charge on any atom is -0.493 e. The normalized spacial score (nSPS) is 10.5. The van der Waals surface area contributed by atoms with Gasteiger partial charge in [0.1, 0.15) is 11.5 Å². The Bertz CT molecular complexity index is 1140. The van der Waals surface area contributed by atoms with E-state index >= 15 is 0 Å². The van der Waals surface area contributed by atoms with Crippen molar-refractivity contribution in [3.63, 3.8) is 0 Å². The number of nitrogens with zero attached hydrogens (tertiary/aromatic N) is 2. The van der Waals surface area contributed by atoms with Gasteiger partial charge in [-0.3, -0.25) is 10.4 Å². The van der Waals surface area contributed by atoms with Gasteiger partial charge in [-0.15, -0.1) is 5.10 Å². The largest absolute Gasteiger partial charge is 0.493 e. The predicted octanol–water partition coefficient (Wildman–Crippen LogP) is 1.83. The molecule has 0 bridgehead atoms. The lowest BCUT2D eigenvalue weighted by atomic mass is 10.1. The molecule has 0 aliphatic rings. The monoisotopic (exact) mass is 386 g/mol. The minimum atomic E-state index is -1.24. The molecule has 0 radical (unpaired) electrons. The number of carboxylic acid groups (broad SMARTS) is 1. The van der Waals surface area contributed by atoms with Crippen LogP contribution in [-0.4, -0.2) is 45.8 Å². The van der Waals surface area contributed by atoms with Crippen molar-refractivity contribution < 1.29 is 23.8 Å². The van der Waals surface area contributed by atoms with Crippen LogP contribution in [-0.2, 0) is 0 Å². The SMILES string of the molecule is COc1cc(F)c(C(=N)c2nn(-c3ccccc3C(=O)O)c(=O)[nH]2)cc1OC. The highest BCUT2D eigenvalue weighted by molar-refractivity contribution is 6.09. The predicted molar refractivity (Wildman–Crippen MR) is 96.6 cm³/mol. The van der Waals surface area contributed by atoms with Crippen LogP contribution >= 0.6 is 0 Å². The van der Waals surface area contributed by atoms with Crippen LogP contribution in [0.5, 0.6) is 11.5 Å². The number of nitrogens with one attached hydrogen (secondary N) is 2. The smallest absolute Gasteiger partial charge is 0.348 e. The number of aromatic amines is 1. The summed E-state index contributed by atoms with van der Waals surface area (Å²) in [5, 5.41) is 21.5. The van der Waals surface area contributed by atoms with Crippen LogP contribution in [0.4, 0.5) is 4.39 Å². The molecule has 28 heavy (non-hydrogen) atoms. The van der Waals surface area contributed by atoms with Gasteiger partial charge in [0.2, 0.25) is 0 Å². The van der Waals surface area contributed by atoms with Crippen molar-refractivity contribution in [3.8, 4) is 17.2 Å². The quantitative estimate of drug-likeness (QED) is 0.554. The summed E-state index contributed by atoms with van der Waals surface area (Å²) in [6.07, 6.45) is 0. The number of rotatable bonds is 6. The second kappa shape index (κ2) is 7.35. The van der Waals surface area contributed by atoms with Gasteiger partial charge in [0.25, 0.3) is 0 Å². The zero-order valence-corrected chi connectivity index (χ0v) is 14.8. The van der Waals surface area contributed by atoms with Crippen LogP contribution in [0.1, 0.15) is 21.7 Å². The summed E-state index contributed by atoms with van der Waals surface area (Å²) >= 11 is 0. The number of benzene rings is 2. The van der Waals surface area contributed by atoms with E-state index in [9.17, 15) is 19.1 Å². The lowest BCUT2D eigenvalue weighted by molar-refractivity contribution is 0.0696. The lowest BCUT2D eigenvalue weighted by Gasteiger charge is -2.10. The topological polar surface area (TPSA) is 130 Å². The standard InChI is InChI=1S/C18H15FN4O5/c1-27-13-7-10(11(19)8-14(13)28-2)15(20)16-21-18(26)23(22-16)12-6-4-3-5-9(12)17(24)25/h3-8,20H,1-2H3,(H,24,25)(H,21,22,26). The Morgan fingerprint density at radius 1 is 1.18 bits per heavy atom. The van der Waals surface area contributed by atoms with Gasteiger partial charge in [-0.05, 0) is 18.2 Å². The molecule has 144 valence electrons. The van der Waals surface area contributed by atoms with Gasteiger partial charge in [-0.25, -0.2) is 14.0 Å². The summed E-state index contributed by atoms with van der Waals surface area (Å²) in [6.45, 7) is 0. The van der Waals surface area contributed by atoms with Crippen LogP contribution in [0, 0.1) is 11.2 Å². The lowest BCUT2D eigenvalue weighted by Crippen LogP contribution is -2.18. The molecule has 0 fully saturated rings. The maximum atomic E-state index is 14.4. The van der Waals surface area contributed by atoms with Crippen molar-refractivity contribution in [1.82, 2.24) is 14.8 Å². The molecule has 2 aromatic carbocycles. The van der Waals surface area contributed by atoms with E-state index in [2.05, 4.69) is 10.1 Å². The highest BCUT2D eigenvalue weighted by Gasteiger charge is 2.21. The molecular formula is C18H15FN4O5. The molecule has 0 aliphatic heterocycles. The molecule has 0 unspecified atom stereocenters. The molecule has 0 saturated carbocycles. The number of H-pyrrole nitrogens is 1. The maximum absolute atomic E-state index is 14.4. The summed E-state index contributed by atoms with van der Waals surface area (Å²) in [7, 11) is 2.71. The third-order valence-corrected chi connectivity index (χ3v) is 3.96. The molecule has 0 spiro atoms. The van der Waals surface area contributed by atoms with Crippen LogP contribution in [0.3, 0.4) is 0 Å². The summed E-state index contributed by atoms with van der Waals surface area (Å²) in [5.74, 6) is -1.92. The minimum absolute atomic E-state index is 0.0167. The van der Waals surface area contributed by atoms with Crippen LogP contribution in [0.2, 0.25) is 0 Å². The Balaban J connectivity index is 2.09. The second-order valence-electron chi connectivity index (χ2n) is 5.57. The first-order chi connectivity index (χ1) is 13.4. The first-order valence-corrected chi connectivity index (χ1v) is 7.90. The third-order valence-electron chi connectivity index (χ3n) is 3.96. The summed E-state index contributed by atoms with van der Waals surface area (Å²) in [4.78, 5) is 26.0. The molecule has 0 atom stereocenters. The van der Waals surface area contributed by atoms with Gasteiger partial charge >= 0.3 is 11.7 Å². The van der Waals surface area contributed by atoms with E-state index in [1.165, 1.54) is 38.5 Å². The van der Waals surface area contributed by atoms with E-state index in [1.54, 1.807) is 6.07 Å². The molecular weight excluding hydrogens is 371 g/mol. The molecule has 10 heteroatoms. The maximum Gasteiger partial charge on any atom is 0.348 e. The van der Waals surface area contributed by atoms with Crippen molar-refractivity contribution in [2.45, 2.75) is 0 Å². The van der Waals surface area contributed by atoms with Gasteiger partial charge in [0, 0.05) is 11.6 Å². The Labute approximate surface area is 157 Å². The Kier molecular flexibility index (Phi) is 4.94. The van der Waals surface area contributed by atoms with E-state index in [0.717, 1.165) is 10.7 Å². The Hall–Kier alpha value is -3.95. The average molecular weight is 386 g/mol. The molecule has 3 N–H and O–H groups in total. The molecule has 3 aromatic rings. The number of hydrogen-bond acceptors (Lipinski definition) is 6. The first kappa shape index (κ1) is 18.8. The van der Waals surface area contributed by atoms with Gasteiger partial charge < -0.3 is 14.6 Å². The molecule has 0 saturated heterocycles. The molecule has 9 nitrogen and oxygen atoms in total. The number of carboxylic acids is 1. The number of halogens is 1. The average Bonchev–Trinajstić information content (AvgIpc) is 3.08. The van der Waals surface area contributed by atoms with Crippen molar-refractivity contribution in [2.24, 2.45) is 0 Å². The van der Waals surface area contributed by atoms with Crippen molar-refractivity contribution in [2.75, 3.05) is 14.2 Å². The third kappa shape index (κ3) is 3.22. The van der Waals surface area contributed by atoms with E-state index < -0.39 is 23.2 Å². The van der Waals surface area contributed by atoms with Gasteiger partial charge in [0.15, 0.2) is 17.3 Å². The molecule has 1 aromatic heterocycles. The van der Waals surface area contributed by atoms with Gasteiger partial charge in [-0.1, -0.05) is 12.1 Å². The highest BCUT2D eigenvalue weighted by atomic mass is 19.1. The molecule has 0 amide bonds. The fourth-order valence-corrected chi connectivity index (χ4v) is 2.61. The zero-order valence-electron chi connectivity index (χ0n) is 14.8. The van der Waals surface area contributed by atoms with Crippen molar-refractivity contribution in [1.29, 1.82) is 5.41 Å². The van der Waals surface area contributed by atoms with Crippen molar-refractivity contribution >= 4 is 11.7 Å². The number of methoxy groups -OCH3 is 2. The number of carbonyl (C=O) groups is 1. The van der Waals surface area contributed by atoms with E-state index in [1.807, 2.05) is 0 Å². The number of ether oxygens (including phenoxy) is 2. The number of hydrogen-bond donors (Lipinski definition) is 3.